The van der Waals surface area contributed by atoms with Gasteiger partial charge in [0.2, 0.25) is 0 Å². The lowest BCUT2D eigenvalue weighted by atomic mass is 10.2. The Morgan fingerprint density at radius 2 is 1.69 bits per heavy atom. The maximum Gasteiger partial charge on any atom is 0.355 e. The Labute approximate surface area is 165 Å². The maximum atomic E-state index is 12.2. The van der Waals surface area contributed by atoms with Crippen molar-refractivity contribution in [3.05, 3.63) is 76.1 Å². The van der Waals surface area contributed by atoms with Crippen LogP contribution in [0.5, 0.6) is 0 Å². The lowest BCUT2D eigenvalue weighted by molar-refractivity contribution is -0.119. The van der Waals surface area contributed by atoms with E-state index < -0.39 is 24.5 Å². The van der Waals surface area contributed by atoms with Gasteiger partial charge in [0.25, 0.3) is 5.91 Å². The summed E-state index contributed by atoms with van der Waals surface area (Å²) in [5, 5.41) is 3.00. The van der Waals surface area contributed by atoms with Crippen LogP contribution in [-0.4, -0.2) is 36.0 Å². The third kappa shape index (κ3) is 4.86. The standard InChI is InChI=1S/C21H18N2O6/c1-2-28-20(26)13-7-9-14(10-8-13)22-19(25)12-29-21(27)17-11-18(24)15-5-3-4-6-16(15)23-17/h3-11H,2,12H2,1H3,(H,22,25)(H,23,24). The molecular formula is C21H18N2O6. The van der Waals surface area contributed by atoms with E-state index in [2.05, 4.69) is 10.3 Å². The summed E-state index contributed by atoms with van der Waals surface area (Å²) < 4.78 is 9.85. The van der Waals surface area contributed by atoms with Gasteiger partial charge < -0.3 is 19.8 Å². The fraction of sp³-hybridized carbons (Fsp3) is 0.143. The lowest BCUT2D eigenvalue weighted by Crippen LogP contribution is -2.22. The summed E-state index contributed by atoms with van der Waals surface area (Å²) in [6.07, 6.45) is 0. The van der Waals surface area contributed by atoms with Crippen molar-refractivity contribution in [2.75, 3.05) is 18.5 Å². The summed E-state index contributed by atoms with van der Waals surface area (Å²) in [7, 11) is 0. The fourth-order valence-electron chi connectivity index (χ4n) is 2.62. The van der Waals surface area contributed by atoms with E-state index in [0.717, 1.165) is 6.07 Å². The third-order valence-corrected chi connectivity index (χ3v) is 3.97. The van der Waals surface area contributed by atoms with Crippen molar-refractivity contribution in [2.45, 2.75) is 6.92 Å². The van der Waals surface area contributed by atoms with Gasteiger partial charge in [0.05, 0.1) is 12.2 Å². The number of fused-ring (bicyclic) bond motifs is 1. The molecule has 0 bridgehead atoms. The number of amides is 1. The van der Waals surface area contributed by atoms with Gasteiger partial charge in [-0.2, -0.15) is 0 Å². The highest BCUT2D eigenvalue weighted by atomic mass is 16.5. The largest absolute Gasteiger partial charge is 0.462 e. The second-order valence-electron chi connectivity index (χ2n) is 6.01. The number of nitrogens with one attached hydrogen (secondary N) is 2. The predicted molar refractivity (Wildman–Crippen MR) is 106 cm³/mol. The molecule has 0 aliphatic rings. The van der Waals surface area contributed by atoms with Gasteiger partial charge in [-0.3, -0.25) is 9.59 Å². The highest BCUT2D eigenvalue weighted by Gasteiger charge is 2.13. The minimum Gasteiger partial charge on any atom is -0.462 e. The van der Waals surface area contributed by atoms with E-state index in [-0.39, 0.29) is 17.7 Å². The Kier molecular flexibility index (Phi) is 6.03. The first-order chi connectivity index (χ1) is 14.0. The normalized spacial score (nSPS) is 10.4. The van der Waals surface area contributed by atoms with Gasteiger partial charge in [0, 0.05) is 22.7 Å². The van der Waals surface area contributed by atoms with Crippen molar-refractivity contribution in [1.82, 2.24) is 4.98 Å². The fourth-order valence-corrected chi connectivity index (χ4v) is 2.62. The highest BCUT2D eigenvalue weighted by Crippen LogP contribution is 2.11. The summed E-state index contributed by atoms with van der Waals surface area (Å²) in [5.74, 6) is -1.84. The van der Waals surface area contributed by atoms with Crippen molar-refractivity contribution in [3.63, 3.8) is 0 Å². The Bertz CT molecular complexity index is 1120. The monoisotopic (exact) mass is 394 g/mol. The zero-order valence-electron chi connectivity index (χ0n) is 15.6. The molecule has 8 nitrogen and oxygen atoms in total. The first-order valence-corrected chi connectivity index (χ1v) is 8.84. The van der Waals surface area contributed by atoms with Crippen LogP contribution in [0, 0.1) is 0 Å². The number of hydrogen-bond donors (Lipinski definition) is 2. The molecule has 0 aliphatic heterocycles. The Balaban J connectivity index is 1.58. The molecule has 3 aromatic rings. The highest BCUT2D eigenvalue weighted by molar-refractivity contribution is 5.96. The molecule has 0 radical (unpaired) electrons. The van der Waals surface area contributed by atoms with Crippen LogP contribution in [0.25, 0.3) is 10.9 Å². The first kappa shape index (κ1) is 19.8. The average molecular weight is 394 g/mol. The number of hydrogen-bond acceptors (Lipinski definition) is 6. The quantitative estimate of drug-likeness (QED) is 0.621. The van der Waals surface area contributed by atoms with Gasteiger partial charge in [-0.1, -0.05) is 12.1 Å². The van der Waals surface area contributed by atoms with E-state index in [9.17, 15) is 19.2 Å². The van der Waals surface area contributed by atoms with Crippen LogP contribution >= 0.6 is 0 Å². The van der Waals surface area contributed by atoms with Gasteiger partial charge in [-0.05, 0) is 43.3 Å². The van der Waals surface area contributed by atoms with Crippen molar-refractivity contribution in [3.8, 4) is 0 Å². The summed E-state index contributed by atoms with van der Waals surface area (Å²) in [6, 6.07) is 14.0. The molecule has 1 aromatic heterocycles. The van der Waals surface area contributed by atoms with Crippen LogP contribution in [-0.2, 0) is 14.3 Å². The molecule has 0 saturated heterocycles. The number of para-hydroxylation sites is 1. The summed E-state index contributed by atoms with van der Waals surface area (Å²) >= 11 is 0. The Hall–Kier alpha value is -3.94. The molecule has 1 amide bonds. The molecule has 0 unspecified atom stereocenters. The summed E-state index contributed by atoms with van der Waals surface area (Å²) in [6.45, 7) is 1.44. The maximum absolute atomic E-state index is 12.2. The number of carbonyl (C=O) groups is 3. The van der Waals surface area contributed by atoms with Crippen molar-refractivity contribution in [1.29, 1.82) is 0 Å². The molecular weight excluding hydrogens is 376 g/mol. The van der Waals surface area contributed by atoms with Gasteiger partial charge in [-0.15, -0.1) is 0 Å². The second-order valence-corrected chi connectivity index (χ2v) is 6.01. The molecule has 148 valence electrons. The van der Waals surface area contributed by atoms with Crippen LogP contribution in [0.15, 0.2) is 59.4 Å². The van der Waals surface area contributed by atoms with Gasteiger partial charge in [0.15, 0.2) is 12.0 Å². The third-order valence-electron chi connectivity index (χ3n) is 3.97. The van der Waals surface area contributed by atoms with Crippen molar-refractivity contribution >= 4 is 34.4 Å². The molecule has 29 heavy (non-hydrogen) atoms. The molecule has 2 aromatic carbocycles. The van der Waals surface area contributed by atoms with Crippen LogP contribution in [0.1, 0.15) is 27.8 Å². The lowest BCUT2D eigenvalue weighted by Gasteiger charge is -2.08. The first-order valence-electron chi connectivity index (χ1n) is 8.84. The number of ether oxygens (including phenoxy) is 2. The summed E-state index contributed by atoms with van der Waals surface area (Å²) in [4.78, 5) is 50.6. The van der Waals surface area contributed by atoms with Crippen LogP contribution in [0.2, 0.25) is 0 Å². The van der Waals surface area contributed by atoms with Crippen molar-refractivity contribution < 1.29 is 23.9 Å². The predicted octanol–water partition coefficient (Wildman–Crippen LogP) is 2.50. The molecule has 0 saturated carbocycles. The molecule has 3 rings (SSSR count). The number of aromatic nitrogens is 1. The Morgan fingerprint density at radius 3 is 2.41 bits per heavy atom. The number of benzene rings is 2. The zero-order valence-corrected chi connectivity index (χ0v) is 15.6. The van der Waals surface area contributed by atoms with Crippen LogP contribution < -0.4 is 10.7 Å². The molecule has 2 N–H and O–H groups in total. The molecule has 0 aliphatic carbocycles. The van der Waals surface area contributed by atoms with E-state index in [4.69, 9.17) is 9.47 Å². The topological polar surface area (TPSA) is 115 Å². The molecule has 0 fully saturated rings. The number of esters is 2. The van der Waals surface area contributed by atoms with E-state index in [1.54, 1.807) is 31.2 Å². The summed E-state index contributed by atoms with van der Waals surface area (Å²) in [5.41, 5.74) is 0.922. The molecule has 0 spiro atoms. The van der Waals surface area contributed by atoms with E-state index >= 15 is 0 Å². The Morgan fingerprint density at radius 1 is 0.966 bits per heavy atom. The van der Waals surface area contributed by atoms with Crippen molar-refractivity contribution in [2.24, 2.45) is 0 Å². The van der Waals surface area contributed by atoms with E-state index in [0.29, 0.717) is 22.2 Å². The molecule has 8 heteroatoms. The van der Waals surface area contributed by atoms with Gasteiger partial charge >= 0.3 is 11.9 Å². The minimum atomic E-state index is -0.819. The number of H-pyrrole nitrogens is 1. The van der Waals surface area contributed by atoms with Crippen LogP contribution in [0.4, 0.5) is 5.69 Å². The smallest absolute Gasteiger partial charge is 0.355 e. The number of carbonyl (C=O) groups excluding carboxylic acids is 3. The van der Waals surface area contributed by atoms with Gasteiger partial charge in [-0.25, -0.2) is 9.59 Å². The number of pyridine rings is 1. The van der Waals surface area contributed by atoms with E-state index in [1.165, 1.54) is 24.3 Å². The number of aromatic amines is 1. The molecule has 1 heterocycles. The minimum absolute atomic E-state index is 0.0414. The van der Waals surface area contributed by atoms with Gasteiger partial charge in [0.1, 0.15) is 5.69 Å². The zero-order chi connectivity index (χ0) is 20.8. The number of anilines is 1. The average Bonchev–Trinajstić information content (AvgIpc) is 2.72. The number of rotatable bonds is 6. The second kappa shape index (κ2) is 8.83. The molecule has 0 atom stereocenters. The SMILES string of the molecule is CCOC(=O)c1ccc(NC(=O)COC(=O)c2cc(=O)c3ccccc3[nH]2)cc1. The van der Waals surface area contributed by atoms with Crippen LogP contribution in [0.3, 0.4) is 0 Å². The van der Waals surface area contributed by atoms with E-state index in [1.807, 2.05) is 0 Å².